The fourth-order valence-corrected chi connectivity index (χ4v) is 2.13. The van der Waals surface area contributed by atoms with Crippen LogP contribution in [-0.4, -0.2) is 46.6 Å². The van der Waals surface area contributed by atoms with Crippen LogP contribution in [0, 0.1) is 0 Å². The zero-order chi connectivity index (χ0) is 15.1. The number of aliphatic hydroxyl groups is 2. The second kappa shape index (κ2) is 4.95. The molecule has 2 unspecified atom stereocenters. The van der Waals surface area contributed by atoms with Crippen molar-refractivity contribution in [2.24, 2.45) is 0 Å². The Morgan fingerprint density at radius 2 is 1.75 bits per heavy atom. The predicted octanol–water partition coefficient (Wildman–Crippen LogP) is 0.945. The average Bonchev–Trinajstić information content (AvgIpc) is 2.67. The molecule has 1 aromatic rings. The summed E-state index contributed by atoms with van der Waals surface area (Å²) in [7, 11) is 0. The first kappa shape index (κ1) is 14.6. The zero-order valence-electron chi connectivity index (χ0n) is 10.1. The lowest BCUT2D eigenvalue weighted by Gasteiger charge is -2.21. The largest absolute Gasteiger partial charge is 0.478 e. The Hall–Kier alpha value is -1.80. The summed E-state index contributed by atoms with van der Waals surface area (Å²) in [6.07, 6.45) is -6.75. The third kappa shape index (κ3) is 2.70. The van der Waals surface area contributed by atoms with Crippen LogP contribution >= 0.6 is 0 Å². The van der Waals surface area contributed by atoms with E-state index in [9.17, 15) is 28.2 Å². The lowest BCUT2D eigenvalue weighted by Crippen LogP contribution is -2.24. The maximum Gasteiger partial charge on any atom is 0.416 e. The number of anilines is 1. The number of carboxylic acids is 1. The summed E-state index contributed by atoms with van der Waals surface area (Å²) in [5.74, 6) is -1.50. The summed E-state index contributed by atoms with van der Waals surface area (Å²) >= 11 is 0. The van der Waals surface area contributed by atoms with Crippen molar-refractivity contribution in [2.45, 2.75) is 18.4 Å². The minimum Gasteiger partial charge on any atom is -0.478 e. The van der Waals surface area contributed by atoms with Crippen molar-refractivity contribution >= 4 is 11.7 Å². The second-order valence-electron chi connectivity index (χ2n) is 4.57. The Bertz CT molecular complexity index is 522. The molecule has 1 fully saturated rings. The van der Waals surface area contributed by atoms with Gasteiger partial charge in [-0.15, -0.1) is 0 Å². The molecular weight excluding hydrogens is 279 g/mol. The standard InChI is InChI=1S/C12H12F3NO4/c13-12(14,15)6-1-2-8(7(3-6)11(19)20)16-4-9(17)10(18)5-16/h1-3,9-10,17-18H,4-5H2,(H,19,20). The van der Waals surface area contributed by atoms with Gasteiger partial charge < -0.3 is 20.2 Å². The molecule has 0 spiro atoms. The predicted molar refractivity (Wildman–Crippen MR) is 62.6 cm³/mol. The second-order valence-corrected chi connectivity index (χ2v) is 4.57. The molecule has 0 aromatic heterocycles. The molecule has 1 saturated heterocycles. The molecule has 5 nitrogen and oxygen atoms in total. The minimum absolute atomic E-state index is 0.0349. The number of halogens is 3. The highest BCUT2D eigenvalue weighted by atomic mass is 19.4. The van der Waals surface area contributed by atoms with Crippen LogP contribution in [0.4, 0.5) is 18.9 Å². The molecule has 0 amide bonds. The normalized spacial score (nSPS) is 23.1. The molecule has 0 aliphatic carbocycles. The van der Waals surface area contributed by atoms with Gasteiger partial charge in [0.25, 0.3) is 0 Å². The molecule has 2 atom stereocenters. The number of carbonyl (C=O) groups is 1. The van der Waals surface area contributed by atoms with Gasteiger partial charge in [-0.05, 0) is 18.2 Å². The molecule has 0 bridgehead atoms. The quantitative estimate of drug-likeness (QED) is 0.756. The van der Waals surface area contributed by atoms with E-state index < -0.39 is 35.5 Å². The smallest absolute Gasteiger partial charge is 0.416 e. The van der Waals surface area contributed by atoms with Gasteiger partial charge in [0.1, 0.15) is 0 Å². The highest BCUT2D eigenvalue weighted by Crippen LogP contribution is 2.34. The van der Waals surface area contributed by atoms with Gasteiger partial charge in [-0.25, -0.2) is 4.79 Å². The molecule has 20 heavy (non-hydrogen) atoms. The van der Waals surface area contributed by atoms with Gasteiger partial charge in [-0.1, -0.05) is 0 Å². The van der Waals surface area contributed by atoms with Crippen molar-refractivity contribution in [2.75, 3.05) is 18.0 Å². The maximum atomic E-state index is 12.6. The molecule has 1 aliphatic rings. The first-order valence-corrected chi connectivity index (χ1v) is 5.76. The molecule has 3 N–H and O–H groups in total. The summed E-state index contributed by atoms with van der Waals surface area (Å²) in [6, 6.07) is 2.37. The third-order valence-electron chi connectivity index (χ3n) is 3.15. The van der Waals surface area contributed by atoms with Gasteiger partial charge in [0, 0.05) is 13.1 Å². The van der Waals surface area contributed by atoms with Gasteiger partial charge in [-0.2, -0.15) is 13.2 Å². The van der Waals surface area contributed by atoms with Crippen molar-refractivity contribution in [1.29, 1.82) is 0 Å². The number of carboxylic acid groups (broad SMARTS) is 1. The molecule has 1 aliphatic heterocycles. The number of hydrogen-bond acceptors (Lipinski definition) is 4. The monoisotopic (exact) mass is 291 g/mol. The Kier molecular flexibility index (Phi) is 3.61. The van der Waals surface area contributed by atoms with E-state index >= 15 is 0 Å². The van der Waals surface area contributed by atoms with Crippen molar-refractivity contribution in [3.05, 3.63) is 29.3 Å². The number of alkyl halides is 3. The molecule has 110 valence electrons. The Morgan fingerprint density at radius 1 is 1.20 bits per heavy atom. The summed E-state index contributed by atoms with van der Waals surface area (Å²) in [6.45, 7) is -0.0698. The highest BCUT2D eigenvalue weighted by molar-refractivity contribution is 5.95. The molecule has 8 heteroatoms. The number of nitrogens with zero attached hydrogens (tertiary/aromatic N) is 1. The summed E-state index contributed by atoms with van der Waals surface area (Å²) in [5.41, 5.74) is -1.53. The maximum absolute atomic E-state index is 12.6. The summed E-state index contributed by atoms with van der Waals surface area (Å²) in [4.78, 5) is 12.4. The lowest BCUT2D eigenvalue weighted by atomic mass is 10.1. The van der Waals surface area contributed by atoms with Crippen molar-refractivity contribution in [3.63, 3.8) is 0 Å². The Labute approximate surface area is 111 Å². The van der Waals surface area contributed by atoms with Crippen molar-refractivity contribution in [1.82, 2.24) is 0 Å². The SMILES string of the molecule is O=C(O)c1cc(C(F)(F)F)ccc1N1CC(O)C(O)C1. The van der Waals surface area contributed by atoms with Crippen LogP contribution in [-0.2, 0) is 6.18 Å². The van der Waals surface area contributed by atoms with Crippen LogP contribution < -0.4 is 4.90 Å². The molecule has 1 heterocycles. The highest BCUT2D eigenvalue weighted by Gasteiger charge is 2.35. The molecule has 0 radical (unpaired) electrons. The van der Waals surface area contributed by atoms with E-state index in [2.05, 4.69) is 0 Å². The molecule has 1 aromatic carbocycles. The van der Waals surface area contributed by atoms with E-state index in [0.717, 1.165) is 12.1 Å². The minimum atomic E-state index is -4.63. The molecule has 2 rings (SSSR count). The van der Waals surface area contributed by atoms with E-state index in [1.54, 1.807) is 0 Å². The number of aromatic carboxylic acids is 1. The van der Waals surface area contributed by atoms with Crippen LogP contribution in [0.1, 0.15) is 15.9 Å². The fraction of sp³-hybridized carbons (Fsp3) is 0.417. The van der Waals surface area contributed by atoms with Crippen LogP contribution in [0.15, 0.2) is 18.2 Å². The van der Waals surface area contributed by atoms with E-state index in [-0.39, 0.29) is 18.8 Å². The Balaban J connectivity index is 2.41. The van der Waals surface area contributed by atoms with Crippen LogP contribution in [0.5, 0.6) is 0 Å². The van der Waals surface area contributed by atoms with Crippen LogP contribution in [0.3, 0.4) is 0 Å². The van der Waals surface area contributed by atoms with Gasteiger partial charge in [-0.3, -0.25) is 0 Å². The number of rotatable bonds is 2. The first-order valence-electron chi connectivity index (χ1n) is 5.76. The number of aliphatic hydroxyl groups excluding tert-OH is 2. The lowest BCUT2D eigenvalue weighted by molar-refractivity contribution is -0.137. The molecular formula is C12H12F3NO4. The van der Waals surface area contributed by atoms with E-state index in [4.69, 9.17) is 5.11 Å². The van der Waals surface area contributed by atoms with Crippen molar-refractivity contribution < 1.29 is 33.3 Å². The summed E-state index contributed by atoms with van der Waals surface area (Å²) < 4.78 is 37.7. The molecule has 0 saturated carbocycles. The van der Waals surface area contributed by atoms with Crippen LogP contribution in [0.25, 0.3) is 0 Å². The fourth-order valence-electron chi connectivity index (χ4n) is 2.13. The zero-order valence-corrected chi connectivity index (χ0v) is 10.1. The van der Waals surface area contributed by atoms with Gasteiger partial charge in [0.15, 0.2) is 0 Å². The number of β-amino-alcohol motifs (C(OH)–C–C–N with tert-alkyl or cyclic N) is 2. The number of hydrogen-bond donors (Lipinski definition) is 3. The third-order valence-corrected chi connectivity index (χ3v) is 3.15. The van der Waals surface area contributed by atoms with Gasteiger partial charge in [0.05, 0.1) is 29.0 Å². The van der Waals surface area contributed by atoms with Gasteiger partial charge >= 0.3 is 12.1 Å². The van der Waals surface area contributed by atoms with E-state index in [1.807, 2.05) is 0 Å². The van der Waals surface area contributed by atoms with Crippen LogP contribution in [0.2, 0.25) is 0 Å². The van der Waals surface area contributed by atoms with E-state index in [1.165, 1.54) is 4.90 Å². The first-order chi connectivity index (χ1) is 9.20. The van der Waals surface area contributed by atoms with E-state index in [0.29, 0.717) is 6.07 Å². The van der Waals surface area contributed by atoms with Gasteiger partial charge in [0.2, 0.25) is 0 Å². The average molecular weight is 291 g/mol. The van der Waals surface area contributed by atoms with Crippen molar-refractivity contribution in [3.8, 4) is 0 Å². The topological polar surface area (TPSA) is 81.0 Å². The number of benzene rings is 1. The Morgan fingerprint density at radius 3 is 2.20 bits per heavy atom. The summed E-state index contributed by atoms with van der Waals surface area (Å²) in [5, 5.41) is 27.9.